The van der Waals surface area contributed by atoms with Gasteiger partial charge in [-0.15, -0.1) is 93.5 Å². The van der Waals surface area contributed by atoms with Crippen molar-refractivity contribution in [2.75, 3.05) is 24.6 Å². The molecule has 0 saturated heterocycles. The van der Waals surface area contributed by atoms with Crippen LogP contribution in [0.5, 0.6) is 0 Å². The van der Waals surface area contributed by atoms with Crippen LogP contribution in [0.4, 0.5) is 0 Å². The van der Waals surface area contributed by atoms with Crippen molar-refractivity contribution in [3.63, 3.8) is 0 Å². The summed E-state index contributed by atoms with van der Waals surface area (Å²) >= 11 is 0. The topological polar surface area (TPSA) is 0 Å². The Labute approximate surface area is 423 Å². The van der Waals surface area contributed by atoms with Crippen LogP contribution in [0.3, 0.4) is 0 Å². The summed E-state index contributed by atoms with van der Waals surface area (Å²) in [5, 5.41) is 8.85. The number of fused-ring (bicyclic) bond motifs is 2. The molecule has 0 fully saturated rings. The summed E-state index contributed by atoms with van der Waals surface area (Å²) in [6.45, 7) is 27.8. The van der Waals surface area contributed by atoms with Gasteiger partial charge >= 0.3 is 52.4 Å². The van der Waals surface area contributed by atoms with Gasteiger partial charge in [0.2, 0.25) is 0 Å². The van der Waals surface area contributed by atoms with Crippen LogP contribution in [0.15, 0.2) is 108 Å². The SMILES string of the molecule is CC(C)CP(CC(C)C)c1cc2ccccc2[cH-]1.CC(C)CP(CC(C)C)c1cc2ccccc2[cH-]1.CCCC(C)C1=[C-]CC=C1.CCCC(C)C1=[C-]CC=C1.[Cl-].[Cl-].[Zr+2].[Zr+2]. The number of benzene rings is 2. The molecule has 0 aliphatic heterocycles. The number of hydrogen-bond donors (Lipinski definition) is 0. The fourth-order valence-corrected chi connectivity index (χ4v) is 13.6. The van der Waals surface area contributed by atoms with Gasteiger partial charge in [-0.1, -0.05) is 136 Å². The van der Waals surface area contributed by atoms with Crippen LogP contribution in [0.25, 0.3) is 21.5 Å². The Bertz CT molecular complexity index is 1590. The third-order valence-electron chi connectivity index (χ3n) is 10.2. The quantitative estimate of drug-likeness (QED) is 0.0775. The van der Waals surface area contributed by atoms with Gasteiger partial charge in [0.25, 0.3) is 0 Å². The molecule has 60 heavy (non-hydrogen) atoms. The first-order chi connectivity index (χ1) is 26.8. The van der Waals surface area contributed by atoms with Crippen molar-refractivity contribution in [3.05, 3.63) is 120 Å². The Morgan fingerprint density at radius 1 is 0.517 bits per heavy atom. The van der Waals surface area contributed by atoms with Crippen molar-refractivity contribution >= 4 is 48.0 Å². The molecule has 0 radical (unpaired) electrons. The number of hydrogen-bond acceptors (Lipinski definition) is 0. The molecule has 2 aliphatic carbocycles. The summed E-state index contributed by atoms with van der Waals surface area (Å²) in [7, 11) is 0.0370. The Morgan fingerprint density at radius 2 is 0.833 bits per heavy atom. The van der Waals surface area contributed by atoms with Crippen molar-refractivity contribution in [1.29, 1.82) is 0 Å². The zero-order valence-electron chi connectivity index (χ0n) is 39.4. The molecular weight excluding hydrogens is 964 g/mol. The summed E-state index contributed by atoms with van der Waals surface area (Å²) in [6, 6.07) is 27.2. The summed E-state index contributed by atoms with van der Waals surface area (Å²) in [5.41, 5.74) is 2.84. The molecule has 4 aromatic rings. The molecule has 0 spiro atoms. The molecule has 2 aliphatic rings. The van der Waals surface area contributed by atoms with Gasteiger partial charge in [-0.3, -0.25) is 12.2 Å². The van der Waals surface area contributed by atoms with Gasteiger partial charge in [0, 0.05) is 0 Å². The third-order valence-corrected chi connectivity index (χ3v) is 16.9. The van der Waals surface area contributed by atoms with Crippen LogP contribution in [0.2, 0.25) is 0 Å². The predicted molar refractivity (Wildman–Crippen MR) is 260 cm³/mol. The molecule has 0 saturated carbocycles. The van der Waals surface area contributed by atoms with Crippen molar-refractivity contribution in [1.82, 2.24) is 0 Å². The summed E-state index contributed by atoms with van der Waals surface area (Å²) in [5.74, 6) is 4.65. The van der Waals surface area contributed by atoms with Gasteiger partial charge < -0.3 is 24.8 Å². The normalized spacial score (nSPS) is 13.7. The fraction of sp³-hybridized carbons (Fsp3) is 0.519. The van der Waals surface area contributed by atoms with Crippen LogP contribution < -0.4 is 35.4 Å². The van der Waals surface area contributed by atoms with Crippen molar-refractivity contribution < 1.29 is 77.2 Å². The maximum Gasteiger partial charge on any atom is 2.00 e. The van der Waals surface area contributed by atoms with E-state index in [0.29, 0.717) is 0 Å². The minimum absolute atomic E-state index is 0. The average Bonchev–Trinajstić information content (AvgIpc) is 3.98. The van der Waals surface area contributed by atoms with Gasteiger partial charge in [0.05, 0.1) is 0 Å². The zero-order chi connectivity index (χ0) is 41.0. The Hall–Kier alpha value is -0.174. The first-order valence-corrected chi connectivity index (χ1v) is 25.6. The molecule has 0 bridgehead atoms. The van der Waals surface area contributed by atoms with E-state index < -0.39 is 0 Å². The van der Waals surface area contributed by atoms with E-state index in [1.54, 1.807) is 10.6 Å². The summed E-state index contributed by atoms with van der Waals surface area (Å²) < 4.78 is 0. The van der Waals surface area contributed by atoms with E-state index in [1.807, 2.05) is 0 Å². The van der Waals surface area contributed by atoms with Crippen LogP contribution in [0, 0.1) is 47.7 Å². The smallest absolute Gasteiger partial charge is 1.00 e. The molecule has 2 atom stereocenters. The van der Waals surface area contributed by atoms with Gasteiger partial charge in [-0.05, 0) is 61.2 Å². The molecule has 0 amide bonds. The molecule has 0 aromatic heterocycles. The van der Waals surface area contributed by atoms with Gasteiger partial charge in [0.1, 0.15) is 0 Å². The van der Waals surface area contributed by atoms with Gasteiger partial charge in [-0.2, -0.15) is 24.3 Å². The second-order valence-corrected chi connectivity index (χ2v) is 22.6. The van der Waals surface area contributed by atoms with E-state index in [1.165, 1.54) is 83.0 Å². The van der Waals surface area contributed by atoms with E-state index in [4.69, 9.17) is 0 Å². The number of allylic oxidation sites excluding steroid dienone is 8. The van der Waals surface area contributed by atoms with Crippen LogP contribution in [-0.4, -0.2) is 24.6 Å². The Balaban J connectivity index is 0. The molecule has 0 nitrogen and oxygen atoms in total. The Kier molecular flexibility index (Phi) is 35.3. The second kappa shape index (κ2) is 34.2. The summed E-state index contributed by atoms with van der Waals surface area (Å²) in [6.07, 6.45) is 28.1. The standard InChI is InChI=1S/2C17H24P.2C10H15.2ClH.2Zr/c2*1-13(2)11-18(12-14(3)4)17-9-15-7-5-6-8-16(15)10-17;2*1-3-6-9(2)10-7-4-5-8-10;;;;/h2*5-10,13-14H,11-12H2,1-4H3;2*4,7,9H,3,5-6H2,1-2H3;2*1H;;/q4*-1;;;2*+2/p-2. The summed E-state index contributed by atoms with van der Waals surface area (Å²) in [4.78, 5) is 0. The molecular formula is C54H78Cl2P2Zr2-2. The van der Waals surface area contributed by atoms with Crippen molar-refractivity contribution in [3.8, 4) is 0 Å². The largest absolute Gasteiger partial charge is 2.00 e. The molecule has 2 unspecified atom stereocenters. The average molecular weight is 1040 g/mol. The van der Waals surface area contributed by atoms with Crippen molar-refractivity contribution in [2.45, 2.75) is 122 Å². The molecule has 0 N–H and O–H groups in total. The molecule has 328 valence electrons. The number of halogens is 2. The van der Waals surface area contributed by atoms with Gasteiger partial charge in [0.15, 0.2) is 0 Å². The van der Waals surface area contributed by atoms with E-state index >= 15 is 0 Å². The second-order valence-electron chi connectivity index (χ2n) is 17.9. The predicted octanol–water partition coefficient (Wildman–Crippen LogP) is 10.2. The maximum absolute atomic E-state index is 3.35. The molecule has 0 heterocycles. The van der Waals surface area contributed by atoms with E-state index in [0.717, 1.165) is 48.3 Å². The third kappa shape index (κ3) is 23.1. The maximum atomic E-state index is 3.35. The number of rotatable bonds is 16. The minimum Gasteiger partial charge on any atom is -1.00 e. The van der Waals surface area contributed by atoms with E-state index in [2.05, 4.69) is 192 Å². The van der Waals surface area contributed by atoms with Gasteiger partial charge in [-0.25, -0.2) is 23.3 Å². The first kappa shape index (κ1) is 61.9. The van der Waals surface area contributed by atoms with E-state index in [9.17, 15) is 0 Å². The van der Waals surface area contributed by atoms with Crippen molar-refractivity contribution in [2.24, 2.45) is 35.5 Å². The van der Waals surface area contributed by atoms with Crippen LogP contribution in [0.1, 0.15) is 122 Å². The fourth-order valence-electron chi connectivity index (χ4n) is 7.66. The zero-order valence-corrected chi connectivity index (χ0v) is 47.6. The minimum atomic E-state index is 0. The monoisotopic (exact) mass is 1040 g/mol. The molecule has 6 rings (SSSR count). The Morgan fingerprint density at radius 3 is 1.08 bits per heavy atom. The molecule has 4 aromatic carbocycles. The van der Waals surface area contributed by atoms with Crippen LogP contribution in [-0.2, 0) is 52.4 Å². The molecule has 6 heteroatoms. The first-order valence-electron chi connectivity index (χ1n) is 22.2. The van der Waals surface area contributed by atoms with Crippen LogP contribution >= 0.6 is 15.8 Å². The van der Waals surface area contributed by atoms with E-state index in [-0.39, 0.29) is 93.1 Å².